The molecule has 6 heteroatoms. The highest BCUT2D eigenvalue weighted by molar-refractivity contribution is 6.06. The molecular weight excluding hydrogens is 378 g/mol. The molecule has 2 amide bonds. The van der Waals surface area contributed by atoms with Crippen LogP contribution >= 0.6 is 0 Å². The molecule has 162 valence electrons. The van der Waals surface area contributed by atoms with Gasteiger partial charge in [-0.3, -0.25) is 9.59 Å². The summed E-state index contributed by atoms with van der Waals surface area (Å²) in [5.74, 6) is -0.401. The predicted molar refractivity (Wildman–Crippen MR) is 123 cm³/mol. The summed E-state index contributed by atoms with van der Waals surface area (Å²) < 4.78 is 4.98. The maximum atomic E-state index is 12.7. The van der Waals surface area contributed by atoms with Gasteiger partial charge < -0.3 is 20.3 Å². The van der Waals surface area contributed by atoms with Crippen molar-refractivity contribution < 1.29 is 14.3 Å². The molecule has 0 atom stereocenters. The lowest BCUT2D eigenvalue weighted by molar-refractivity contribution is 0.0936. The van der Waals surface area contributed by atoms with Gasteiger partial charge in [0.15, 0.2) is 0 Å². The second-order valence-electron chi connectivity index (χ2n) is 7.48. The number of unbranched alkanes of at least 4 members (excludes halogenated alkanes) is 2. The standard InChI is InChI=1S/C24H33N3O3/c1-5-6-7-8-18-9-11-19(12-10-18)23(28)26-20-13-14-22(27(2)3)21(17-20)24(29)25-15-16-30-4/h9-14,17H,5-8,15-16H2,1-4H3,(H,25,29)(H,26,28). The Morgan fingerprint density at radius 3 is 2.37 bits per heavy atom. The van der Waals surface area contributed by atoms with Gasteiger partial charge in [0.1, 0.15) is 0 Å². The van der Waals surface area contributed by atoms with Gasteiger partial charge in [0.05, 0.1) is 12.2 Å². The van der Waals surface area contributed by atoms with Gasteiger partial charge in [-0.05, 0) is 48.7 Å². The maximum Gasteiger partial charge on any atom is 0.255 e. The Balaban J connectivity index is 2.10. The molecule has 0 aliphatic rings. The van der Waals surface area contributed by atoms with E-state index in [2.05, 4.69) is 17.6 Å². The molecule has 0 aromatic heterocycles. The number of carbonyl (C=O) groups is 2. The zero-order chi connectivity index (χ0) is 21.9. The van der Waals surface area contributed by atoms with Crippen LogP contribution in [-0.2, 0) is 11.2 Å². The van der Waals surface area contributed by atoms with Gasteiger partial charge in [-0.1, -0.05) is 31.9 Å². The van der Waals surface area contributed by atoms with Crippen molar-refractivity contribution in [2.24, 2.45) is 0 Å². The largest absolute Gasteiger partial charge is 0.383 e. The number of methoxy groups -OCH3 is 1. The van der Waals surface area contributed by atoms with Crippen molar-refractivity contribution in [3.05, 3.63) is 59.2 Å². The minimum absolute atomic E-state index is 0.196. The fourth-order valence-corrected chi connectivity index (χ4v) is 3.15. The number of carbonyl (C=O) groups excluding carboxylic acids is 2. The van der Waals surface area contributed by atoms with E-state index in [4.69, 9.17) is 4.74 Å². The Labute approximate surface area is 179 Å². The quantitative estimate of drug-likeness (QED) is 0.546. The summed E-state index contributed by atoms with van der Waals surface area (Å²) >= 11 is 0. The molecule has 2 N–H and O–H groups in total. The molecule has 2 aromatic rings. The summed E-state index contributed by atoms with van der Waals surface area (Å²) in [5, 5.41) is 5.73. The highest BCUT2D eigenvalue weighted by Crippen LogP contribution is 2.23. The van der Waals surface area contributed by atoms with Crippen molar-refractivity contribution in [2.45, 2.75) is 32.6 Å². The fourth-order valence-electron chi connectivity index (χ4n) is 3.15. The number of aryl methyl sites for hydroxylation is 1. The molecule has 0 aliphatic carbocycles. The van der Waals surface area contributed by atoms with E-state index < -0.39 is 0 Å². The average molecular weight is 412 g/mol. The summed E-state index contributed by atoms with van der Waals surface area (Å²) in [7, 11) is 5.34. The van der Waals surface area contributed by atoms with Gasteiger partial charge in [0.2, 0.25) is 0 Å². The van der Waals surface area contributed by atoms with Crippen molar-refractivity contribution in [1.82, 2.24) is 5.32 Å². The number of anilines is 2. The van der Waals surface area contributed by atoms with E-state index in [-0.39, 0.29) is 11.8 Å². The van der Waals surface area contributed by atoms with Gasteiger partial charge in [-0.25, -0.2) is 0 Å². The van der Waals surface area contributed by atoms with E-state index in [9.17, 15) is 9.59 Å². The summed E-state index contributed by atoms with van der Waals surface area (Å²) in [4.78, 5) is 27.1. The molecule has 0 bridgehead atoms. The van der Waals surface area contributed by atoms with Gasteiger partial charge in [0.25, 0.3) is 11.8 Å². The Kier molecular flexibility index (Phi) is 9.35. The lowest BCUT2D eigenvalue weighted by Gasteiger charge is -2.18. The molecule has 6 nitrogen and oxygen atoms in total. The molecule has 0 spiro atoms. The monoisotopic (exact) mass is 411 g/mol. The van der Waals surface area contributed by atoms with Crippen LogP contribution in [-0.4, -0.2) is 46.2 Å². The third kappa shape index (κ3) is 6.88. The Hall–Kier alpha value is -2.86. The Morgan fingerprint density at radius 2 is 1.73 bits per heavy atom. The van der Waals surface area contributed by atoms with Crippen LogP contribution in [0.25, 0.3) is 0 Å². The molecule has 30 heavy (non-hydrogen) atoms. The number of ether oxygens (including phenoxy) is 1. The molecule has 2 aromatic carbocycles. The van der Waals surface area contributed by atoms with Crippen LogP contribution in [0.4, 0.5) is 11.4 Å². The van der Waals surface area contributed by atoms with Crippen molar-refractivity contribution >= 4 is 23.2 Å². The minimum atomic E-state index is -0.205. The average Bonchev–Trinajstić information content (AvgIpc) is 2.74. The van der Waals surface area contributed by atoms with E-state index in [1.165, 1.54) is 18.4 Å². The second-order valence-corrected chi connectivity index (χ2v) is 7.48. The molecule has 0 heterocycles. The fraction of sp³-hybridized carbons (Fsp3) is 0.417. The highest BCUT2D eigenvalue weighted by Gasteiger charge is 2.15. The summed E-state index contributed by atoms with van der Waals surface area (Å²) in [6.45, 7) is 3.05. The molecular formula is C24H33N3O3. The second kappa shape index (κ2) is 12.0. The van der Waals surface area contributed by atoms with Crippen LogP contribution in [0, 0.1) is 0 Å². The van der Waals surface area contributed by atoms with Gasteiger partial charge >= 0.3 is 0 Å². The van der Waals surface area contributed by atoms with Crippen molar-refractivity contribution in [1.29, 1.82) is 0 Å². The topological polar surface area (TPSA) is 70.7 Å². The van der Waals surface area contributed by atoms with Crippen molar-refractivity contribution in [3.8, 4) is 0 Å². The number of nitrogens with one attached hydrogen (secondary N) is 2. The number of rotatable bonds is 11. The van der Waals surface area contributed by atoms with Gasteiger partial charge in [0, 0.05) is 44.7 Å². The normalized spacial score (nSPS) is 10.5. The van der Waals surface area contributed by atoms with E-state index in [1.807, 2.05) is 49.3 Å². The van der Waals surface area contributed by atoms with E-state index >= 15 is 0 Å². The van der Waals surface area contributed by atoms with Crippen molar-refractivity contribution in [2.75, 3.05) is 44.6 Å². The zero-order valence-electron chi connectivity index (χ0n) is 18.5. The molecule has 2 rings (SSSR count). The number of hydrogen-bond acceptors (Lipinski definition) is 4. The third-order valence-corrected chi connectivity index (χ3v) is 4.86. The van der Waals surface area contributed by atoms with E-state index in [0.29, 0.717) is 30.0 Å². The minimum Gasteiger partial charge on any atom is -0.383 e. The summed E-state index contributed by atoms with van der Waals surface area (Å²) in [6.07, 6.45) is 4.60. The summed E-state index contributed by atoms with van der Waals surface area (Å²) in [6, 6.07) is 13.1. The molecule has 0 aliphatic heterocycles. The SMILES string of the molecule is CCCCCc1ccc(C(=O)Nc2ccc(N(C)C)c(C(=O)NCCOC)c2)cc1. The lowest BCUT2D eigenvalue weighted by atomic mass is 10.0. The number of benzene rings is 2. The van der Waals surface area contributed by atoms with Crippen LogP contribution in [0.1, 0.15) is 52.5 Å². The highest BCUT2D eigenvalue weighted by atomic mass is 16.5. The zero-order valence-corrected chi connectivity index (χ0v) is 18.5. The first-order chi connectivity index (χ1) is 14.5. The van der Waals surface area contributed by atoms with Crippen LogP contribution in [0.15, 0.2) is 42.5 Å². The molecule has 0 unspecified atom stereocenters. The van der Waals surface area contributed by atoms with Crippen molar-refractivity contribution in [3.63, 3.8) is 0 Å². The third-order valence-electron chi connectivity index (χ3n) is 4.86. The number of hydrogen-bond donors (Lipinski definition) is 2. The predicted octanol–water partition coefficient (Wildman–Crippen LogP) is 4.11. The molecule has 0 fully saturated rings. The Morgan fingerprint density at radius 1 is 1.00 bits per heavy atom. The van der Waals surface area contributed by atoms with Crippen LogP contribution in [0.3, 0.4) is 0 Å². The van der Waals surface area contributed by atoms with Crippen LogP contribution in [0.2, 0.25) is 0 Å². The van der Waals surface area contributed by atoms with Crippen LogP contribution < -0.4 is 15.5 Å². The smallest absolute Gasteiger partial charge is 0.255 e. The number of nitrogens with zero attached hydrogens (tertiary/aromatic N) is 1. The first kappa shape index (κ1) is 23.4. The lowest BCUT2D eigenvalue weighted by Crippen LogP contribution is -2.28. The number of amides is 2. The summed E-state index contributed by atoms with van der Waals surface area (Å²) in [5.41, 5.74) is 3.69. The molecule has 0 saturated carbocycles. The van der Waals surface area contributed by atoms with Gasteiger partial charge in [-0.15, -0.1) is 0 Å². The maximum absolute atomic E-state index is 12.7. The first-order valence-electron chi connectivity index (χ1n) is 10.4. The Bertz CT molecular complexity index is 832. The van der Waals surface area contributed by atoms with Crippen LogP contribution in [0.5, 0.6) is 0 Å². The van der Waals surface area contributed by atoms with E-state index in [1.54, 1.807) is 19.2 Å². The van der Waals surface area contributed by atoms with E-state index in [0.717, 1.165) is 18.5 Å². The molecule has 0 saturated heterocycles. The van der Waals surface area contributed by atoms with Gasteiger partial charge in [-0.2, -0.15) is 0 Å². The first-order valence-corrected chi connectivity index (χ1v) is 10.4. The molecule has 0 radical (unpaired) electrons.